The van der Waals surface area contributed by atoms with Crippen LogP contribution in [0.3, 0.4) is 0 Å². The number of hydrogen-bond donors (Lipinski definition) is 1. The largest absolute Gasteiger partial charge is 0.465 e. The fraction of sp³-hybridized carbons (Fsp3) is 0.524. The van der Waals surface area contributed by atoms with Gasteiger partial charge < -0.3 is 19.5 Å². The van der Waals surface area contributed by atoms with Crippen LogP contribution in [0.5, 0.6) is 0 Å². The third kappa shape index (κ3) is 4.36. The van der Waals surface area contributed by atoms with E-state index in [1.807, 2.05) is 17.2 Å². The summed E-state index contributed by atoms with van der Waals surface area (Å²) in [7, 11) is 5.50. The molecule has 2 heterocycles. The quantitative estimate of drug-likeness (QED) is 0.748. The van der Waals surface area contributed by atoms with E-state index < -0.39 is 0 Å². The average molecular weight is 404 g/mol. The summed E-state index contributed by atoms with van der Waals surface area (Å²) in [5, 5.41) is 1.01. The maximum atomic E-state index is 12.8. The molecule has 3 rings (SSSR count). The van der Waals surface area contributed by atoms with Crippen molar-refractivity contribution in [2.75, 3.05) is 40.0 Å². The molecule has 1 saturated heterocycles. The van der Waals surface area contributed by atoms with Crippen molar-refractivity contribution in [2.24, 2.45) is 5.41 Å². The fourth-order valence-electron chi connectivity index (χ4n) is 4.02. The van der Waals surface area contributed by atoms with Crippen LogP contribution in [0, 0.1) is 5.41 Å². The monoisotopic (exact) mass is 403 g/mol. The number of aromatic amines is 1. The summed E-state index contributed by atoms with van der Waals surface area (Å²) < 4.78 is 4.81. The van der Waals surface area contributed by atoms with Crippen LogP contribution in [-0.2, 0) is 9.53 Å². The van der Waals surface area contributed by atoms with Gasteiger partial charge in [-0.15, -0.1) is 11.8 Å². The standard InChI is InChI=1S/C21H29N3O3S/c1-21(2,12-23(3)4)13-24-18(25)8-9-28-19(24)16-11-22-17-10-14(20(26)27-5)6-7-15(16)17/h6-7,10-11,19,22H,8-9,12-13H2,1-5H3. The Kier molecular flexibility index (Phi) is 6.05. The summed E-state index contributed by atoms with van der Waals surface area (Å²) in [6.07, 6.45) is 2.54. The van der Waals surface area contributed by atoms with Gasteiger partial charge in [0, 0.05) is 47.9 Å². The van der Waals surface area contributed by atoms with Crippen LogP contribution >= 0.6 is 11.8 Å². The number of ether oxygens (including phenoxy) is 1. The topological polar surface area (TPSA) is 65.6 Å². The molecule has 1 fully saturated rings. The van der Waals surface area contributed by atoms with Crippen molar-refractivity contribution in [1.82, 2.24) is 14.8 Å². The summed E-state index contributed by atoms with van der Waals surface area (Å²) >= 11 is 1.80. The Morgan fingerprint density at radius 1 is 1.39 bits per heavy atom. The molecule has 1 unspecified atom stereocenters. The van der Waals surface area contributed by atoms with Crippen LogP contribution in [0.25, 0.3) is 10.9 Å². The Morgan fingerprint density at radius 3 is 2.82 bits per heavy atom. The number of esters is 1. The van der Waals surface area contributed by atoms with Gasteiger partial charge >= 0.3 is 5.97 Å². The highest BCUT2D eigenvalue weighted by atomic mass is 32.2. The molecule has 6 nitrogen and oxygen atoms in total. The molecule has 0 aliphatic carbocycles. The maximum Gasteiger partial charge on any atom is 0.337 e. The van der Waals surface area contributed by atoms with Crippen molar-refractivity contribution in [3.05, 3.63) is 35.5 Å². The van der Waals surface area contributed by atoms with Gasteiger partial charge in [0.25, 0.3) is 0 Å². The Hall–Kier alpha value is -1.99. The lowest BCUT2D eigenvalue weighted by Crippen LogP contribution is -2.45. The number of thioether (sulfide) groups is 1. The third-order valence-electron chi connectivity index (χ3n) is 4.94. The molecular formula is C21H29N3O3S. The van der Waals surface area contributed by atoms with Crippen LogP contribution in [0.1, 0.15) is 41.6 Å². The van der Waals surface area contributed by atoms with E-state index in [2.05, 4.69) is 37.8 Å². The Labute approximate surface area is 170 Å². The molecule has 1 aromatic heterocycles. The second-order valence-electron chi connectivity index (χ2n) is 8.39. The lowest BCUT2D eigenvalue weighted by molar-refractivity contribution is -0.133. The van der Waals surface area contributed by atoms with Gasteiger partial charge in [-0.2, -0.15) is 0 Å². The van der Waals surface area contributed by atoms with Crippen molar-refractivity contribution in [2.45, 2.75) is 25.6 Å². The molecule has 28 heavy (non-hydrogen) atoms. The minimum absolute atomic E-state index is 0.0144. The van der Waals surface area contributed by atoms with Crippen molar-refractivity contribution in [3.8, 4) is 0 Å². The SMILES string of the molecule is COC(=O)c1ccc2c(C3SCCC(=O)N3CC(C)(C)CN(C)C)c[nH]c2c1. The smallest absolute Gasteiger partial charge is 0.337 e. The zero-order valence-electron chi connectivity index (χ0n) is 17.2. The highest BCUT2D eigenvalue weighted by Crippen LogP contribution is 2.42. The van der Waals surface area contributed by atoms with E-state index in [4.69, 9.17) is 4.74 Å². The molecule has 1 aliphatic rings. The number of rotatable bonds is 6. The van der Waals surface area contributed by atoms with E-state index in [1.54, 1.807) is 23.9 Å². The molecule has 0 spiro atoms. The number of nitrogens with one attached hydrogen (secondary N) is 1. The number of fused-ring (bicyclic) bond motifs is 1. The van der Waals surface area contributed by atoms with Crippen LogP contribution in [0.2, 0.25) is 0 Å². The summed E-state index contributed by atoms with van der Waals surface area (Å²) in [6.45, 7) is 6.02. The second kappa shape index (κ2) is 8.17. The van der Waals surface area contributed by atoms with Gasteiger partial charge in [-0.05, 0) is 31.6 Å². The Morgan fingerprint density at radius 2 is 2.14 bits per heavy atom. The molecular weight excluding hydrogens is 374 g/mol. The van der Waals surface area contributed by atoms with Crippen molar-refractivity contribution in [1.29, 1.82) is 0 Å². The zero-order chi connectivity index (χ0) is 20.5. The lowest BCUT2D eigenvalue weighted by Gasteiger charge is -2.41. The number of benzene rings is 1. The van der Waals surface area contributed by atoms with E-state index >= 15 is 0 Å². The Bertz CT molecular complexity index is 875. The number of carbonyl (C=O) groups excluding carboxylic acids is 2. The summed E-state index contributed by atoms with van der Waals surface area (Å²) in [5.74, 6) is 0.671. The number of amides is 1. The molecule has 1 amide bonds. The lowest BCUT2D eigenvalue weighted by atomic mass is 9.91. The predicted octanol–water partition coefficient (Wildman–Crippen LogP) is 3.51. The number of methoxy groups -OCH3 is 1. The van der Waals surface area contributed by atoms with E-state index in [-0.39, 0.29) is 22.7 Å². The van der Waals surface area contributed by atoms with Gasteiger partial charge in [-0.3, -0.25) is 4.79 Å². The maximum absolute atomic E-state index is 12.8. The molecule has 1 aromatic carbocycles. The fourth-order valence-corrected chi connectivity index (χ4v) is 5.28. The van der Waals surface area contributed by atoms with Gasteiger partial charge in [0.2, 0.25) is 5.91 Å². The molecule has 7 heteroatoms. The molecule has 1 aliphatic heterocycles. The van der Waals surface area contributed by atoms with Gasteiger partial charge in [-0.25, -0.2) is 4.79 Å². The number of H-pyrrole nitrogens is 1. The highest BCUT2D eigenvalue weighted by molar-refractivity contribution is 7.99. The van der Waals surface area contributed by atoms with E-state index in [1.165, 1.54) is 7.11 Å². The third-order valence-corrected chi connectivity index (χ3v) is 6.20. The molecule has 1 atom stereocenters. The predicted molar refractivity (Wildman–Crippen MR) is 114 cm³/mol. The minimum atomic E-state index is -0.354. The van der Waals surface area contributed by atoms with Crippen molar-refractivity contribution >= 4 is 34.5 Å². The Balaban J connectivity index is 1.93. The van der Waals surface area contributed by atoms with E-state index in [0.29, 0.717) is 18.5 Å². The minimum Gasteiger partial charge on any atom is -0.465 e. The van der Waals surface area contributed by atoms with E-state index in [9.17, 15) is 9.59 Å². The number of nitrogens with zero attached hydrogens (tertiary/aromatic N) is 2. The van der Waals surface area contributed by atoms with Gasteiger partial charge in [0.05, 0.1) is 12.7 Å². The highest BCUT2D eigenvalue weighted by Gasteiger charge is 2.35. The molecule has 0 saturated carbocycles. The molecule has 1 N–H and O–H groups in total. The molecule has 0 bridgehead atoms. The van der Waals surface area contributed by atoms with E-state index in [0.717, 1.165) is 28.8 Å². The first kappa shape index (κ1) is 20.7. The summed E-state index contributed by atoms with van der Waals surface area (Å²) in [5.41, 5.74) is 2.47. The van der Waals surface area contributed by atoms with Gasteiger partial charge in [0.1, 0.15) is 5.37 Å². The summed E-state index contributed by atoms with van der Waals surface area (Å²) in [6, 6.07) is 5.53. The van der Waals surface area contributed by atoms with Gasteiger partial charge in [-0.1, -0.05) is 19.9 Å². The van der Waals surface area contributed by atoms with Crippen molar-refractivity contribution < 1.29 is 14.3 Å². The normalized spacial score (nSPS) is 18.1. The first-order valence-electron chi connectivity index (χ1n) is 9.47. The van der Waals surface area contributed by atoms with Crippen LogP contribution in [0.15, 0.2) is 24.4 Å². The molecule has 0 radical (unpaired) electrons. The molecule has 2 aromatic rings. The van der Waals surface area contributed by atoms with Crippen LogP contribution in [0.4, 0.5) is 0 Å². The average Bonchev–Trinajstić information content (AvgIpc) is 3.04. The number of aromatic nitrogens is 1. The number of carbonyl (C=O) groups is 2. The number of hydrogen-bond acceptors (Lipinski definition) is 5. The molecule has 152 valence electrons. The zero-order valence-corrected chi connectivity index (χ0v) is 18.1. The first-order valence-corrected chi connectivity index (χ1v) is 10.5. The summed E-state index contributed by atoms with van der Waals surface area (Å²) in [4.78, 5) is 32.1. The van der Waals surface area contributed by atoms with Gasteiger partial charge in [0.15, 0.2) is 0 Å². The van der Waals surface area contributed by atoms with Crippen LogP contribution < -0.4 is 0 Å². The van der Waals surface area contributed by atoms with Crippen LogP contribution in [-0.4, -0.2) is 66.7 Å². The van der Waals surface area contributed by atoms with Crippen molar-refractivity contribution in [3.63, 3.8) is 0 Å². The second-order valence-corrected chi connectivity index (χ2v) is 9.58. The first-order chi connectivity index (χ1) is 13.2.